The second kappa shape index (κ2) is 7.62. The van der Waals surface area contributed by atoms with Gasteiger partial charge < -0.3 is 8.83 Å². The highest BCUT2D eigenvalue weighted by Crippen LogP contribution is 2.32. The Balaban J connectivity index is 1.63. The second-order valence-electron chi connectivity index (χ2n) is 6.11. The number of barbiturate groups is 1. The van der Waals surface area contributed by atoms with Gasteiger partial charge in [0.15, 0.2) is 0 Å². The predicted molar refractivity (Wildman–Crippen MR) is 105 cm³/mol. The van der Waals surface area contributed by atoms with Gasteiger partial charge in [-0.1, -0.05) is 23.2 Å². The summed E-state index contributed by atoms with van der Waals surface area (Å²) in [6.07, 6.45) is 2.70. The van der Waals surface area contributed by atoms with Crippen molar-refractivity contribution >= 4 is 47.1 Å². The van der Waals surface area contributed by atoms with E-state index in [9.17, 15) is 14.4 Å². The summed E-state index contributed by atoms with van der Waals surface area (Å²) in [6, 6.07) is 10.6. The minimum atomic E-state index is -0.818. The molecule has 1 fully saturated rings. The highest BCUT2D eigenvalue weighted by Gasteiger charge is 2.36. The molecular formula is C20H12Cl2N2O5. The standard InChI is InChI=1S/C20H12Cl2N2O5/c21-11-3-5-14(16(22)8-11)17-6-4-12(29-17)9-15-18(25)23-20(27)24(19(15)26)10-13-2-1-7-28-13/h1-9H,10H2,(H,23,25,27)/b15-9-. The molecule has 1 N–H and O–H groups in total. The molecule has 29 heavy (non-hydrogen) atoms. The quantitative estimate of drug-likeness (QED) is 0.485. The Hall–Kier alpha value is -3.29. The molecule has 1 aliphatic rings. The number of amides is 4. The van der Waals surface area contributed by atoms with Gasteiger partial charge in [-0.15, -0.1) is 0 Å². The Labute approximate surface area is 174 Å². The van der Waals surface area contributed by atoms with Gasteiger partial charge in [0.1, 0.15) is 22.9 Å². The lowest BCUT2D eigenvalue weighted by Gasteiger charge is -2.25. The maximum atomic E-state index is 12.7. The van der Waals surface area contributed by atoms with Crippen LogP contribution >= 0.6 is 23.2 Å². The zero-order valence-corrected chi connectivity index (χ0v) is 16.2. The lowest BCUT2D eigenvalue weighted by Crippen LogP contribution is -2.53. The van der Waals surface area contributed by atoms with Gasteiger partial charge >= 0.3 is 6.03 Å². The second-order valence-corrected chi connectivity index (χ2v) is 6.96. The summed E-state index contributed by atoms with van der Waals surface area (Å²) < 4.78 is 10.9. The van der Waals surface area contributed by atoms with E-state index in [1.807, 2.05) is 0 Å². The van der Waals surface area contributed by atoms with Crippen LogP contribution in [-0.4, -0.2) is 22.7 Å². The van der Waals surface area contributed by atoms with Crippen molar-refractivity contribution in [2.75, 3.05) is 0 Å². The summed E-state index contributed by atoms with van der Waals surface area (Å²) in [4.78, 5) is 37.8. The first-order valence-electron chi connectivity index (χ1n) is 8.39. The molecule has 0 bridgehead atoms. The smallest absolute Gasteiger partial charge is 0.331 e. The van der Waals surface area contributed by atoms with Crippen LogP contribution in [0, 0.1) is 0 Å². The number of rotatable bonds is 4. The van der Waals surface area contributed by atoms with Gasteiger partial charge in [0, 0.05) is 10.6 Å². The van der Waals surface area contributed by atoms with E-state index in [-0.39, 0.29) is 17.9 Å². The maximum absolute atomic E-state index is 12.7. The minimum absolute atomic E-state index is 0.105. The summed E-state index contributed by atoms with van der Waals surface area (Å²) in [6.45, 7) is -0.105. The Kier molecular flexibility index (Phi) is 5.00. The largest absolute Gasteiger partial charge is 0.467 e. The Morgan fingerprint density at radius 2 is 1.90 bits per heavy atom. The van der Waals surface area contributed by atoms with Crippen LogP contribution in [0.5, 0.6) is 0 Å². The van der Waals surface area contributed by atoms with Gasteiger partial charge in [-0.05, 0) is 48.5 Å². The number of furan rings is 2. The molecule has 9 heteroatoms. The zero-order chi connectivity index (χ0) is 20.5. The van der Waals surface area contributed by atoms with E-state index >= 15 is 0 Å². The lowest BCUT2D eigenvalue weighted by molar-refractivity contribution is -0.130. The SMILES string of the molecule is O=C1NC(=O)N(Cc2ccco2)C(=O)/C1=C\c1ccc(-c2ccc(Cl)cc2Cl)o1. The number of hydrogen-bond acceptors (Lipinski definition) is 5. The molecule has 1 aliphatic heterocycles. The summed E-state index contributed by atoms with van der Waals surface area (Å²) in [5.74, 6) is -0.474. The predicted octanol–water partition coefficient (Wildman–Crippen LogP) is 4.51. The first kappa shape index (κ1) is 19.0. The Bertz CT molecular complexity index is 1150. The molecule has 1 saturated heterocycles. The van der Waals surface area contributed by atoms with Gasteiger partial charge in [0.25, 0.3) is 11.8 Å². The highest BCUT2D eigenvalue weighted by molar-refractivity contribution is 6.36. The molecule has 0 aliphatic carbocycles. The Morgan fingerprint density at radius 3 is 2.62 bits per heavy atom. The molecule has 0 spiro atoms. The molecule has 2 aromatic heterocycles. The number of nitrogens with one attached hydrogen (secondary N) is 1. The molecule has 146 valence electrons. The van der Waals surface area contributed by atoms with Crippen molar-refractivity contribution in [3.63, 3.8) is 0 Å². The molecule has 3 heterocycles. The topological polar surface area (TPSA) is 92.8 Å². The third-order valence-electron chi connectivity index (χ3n) is 4.19. The molecule has 4 amide bonds. The van der Waals surface area contributed by atoms with Gasteiger partial charge in [-0.25, -0.2) is 4.79 Å². The van der Waals surface area contributed by atoms with E-state index < -0.39 is 17.8 Å². The van der Waals surface area contributed by atoms with E-state index in [0.717, 1.165) is 4.90 Å². The van der Waals surface area contributed by atoms with E-state index in [1.165, 1.54) is 12.3 Å². The maximum Gasteiger partial charge on any atom is 0.331 e. The fourth-order valence-corrected chi connectivity index (χ4v) is 3.30. The summed E-state index contributed by atoms with van der Waals surface area (Å²) in [5, 5.41) is 3.02. The van der Waals surface area contributed by atoms with Gasteiger partial charge in [0.2, 0.25) is 0 Å². The number of urea groups is 1. The third kappa shape index (κ3) is 3.83. The van der Waals surface area contributed by atoms with E-state index in [0.29, 0.717) is 27.1 Å². The van der Waals surface area contributed by atoms with Crippen LogP contribution in [-0.2, 0) is 16.1 Å². The molecule has 4 rings (SSSR count). The number of carbonyl (C=O) groups excluding carboxylic acids is 3. The number of halogens is 2. The summed E-state index contributed by atoms with van der Waals surface area (Å²) in [5.41, 5.74) is 0.369. The zero-order valence-electron chi connectivity index (χ0n) is 14.6. The van der Waals surface area contributed by atoms with Crippen LogP contribution in [0.25, 0.3) is 17.4 Å². The lowest BCUT2D eigenvalue weighted by atomic mass is 10.1. The molecule has 0 saturated carbocycles. The molecule has 7 nitrogen and oxygen atoms in total. The van der Waals surface area contributed by atoms with E-state index in [2.05, 4.69) is 5.32 Å². The number of carbonyl (C=O) groups is 3. The normalized spacial score (nSPS) is 15.9. The first-order chi connectivity index (χ1) is 13.9. The van der Waals surface area contributed by atoms with Crippen molar-refractivity contribution in [1.29, 1.82) is 0 Å². The van der Waals surface area contributed by atoms with Crippen LogP contribution in [0.1, 0.15) is 11.5 Å². The van der Waals surface area contributed by atoms with E-state index in [4.69, 9.17) is 32.0 Å². The van der Waals surface area contributed by atoms with Crippen molar-refractivity contribution in [1.82, 2.24) is 10.2 Å². The summed E-state index contributed by atoms with van der Waals surface area (Å²) >= 11 is 12.1. The number of imide groups is 2. The van der Waals surface area contributed by atoms with Crippen molar-refractivity contribution in [3.05, 3.63) is 75.9 Å². The van der Waals surface area contributed by atoms with E-state index in [1.54, 1.807) is 42.5 Å². The monoisotopic (exact) mass is 430 g/mol. The molecular weight excluding hydrogens is 419 g/mol. The molecule has 0 atom stereocenters. The molecule has 1 aromatic carbocycles. The Morgan fingerprint density at radius 1 is 1.07 bits per heavy atom. The van der Waals surface area contributed by atoms with Crippen LogP contribution < -0.4 is 5.32 Å². The van der Waals surface area contributed by atoms with Crippen molar-refractivity contribution in [2.24, 2.45) is 0 Å². The average molecular weight is 431 g/mol. The van der Waals surface area contributed by atoms with Gasteiger partial charge in [-0.3, -0.25) is 19.8 Å². The van der Waals surface area contributed by atoms with Crippen molar-refractivity contribution < 1.29 is 23.2 Å². The van der Waals surface area contributed by atoms with Crippen molar-refractivity contribution in [2.45, 2.75) is 6.54 Å². The summed E-state index contributed by atoms with van der Waals surface area (Å²) in [7, 11) is 0. The van der Waals surface area contributed by atoms with Crippen LogP contribution in [0.15, 0.2) is 63.1 Å². The van der Waals surface area contributed by atoms with Gasteiger partial charge in [0.05, 0.1) is 17.8 Å². The molecule has 3 aromatic rings. The average Bonchev–Trinajstić information content (AvgIpc) is 3.34. The van der Waals surface area contributed by atoms with Crippen LogP contribution in [0.4, 0.5) is 4.79 Å². The minimum Gasteiger partial charge on any atom is -0.467 e. The third-order valence-corrected chi connectivity index (χ3v) is 4.74. The fourth-order valence-electron chi connectivity index (χ4n) is 2.80. The van der Waals surface area contributed by atoms with Crippen LogP contribution in [0.2, 0.25) is 10.0 Å². The fraction of sp³-hybridized carbons (Fsp3) is 0.0500. The molecule has 0 radical (unpaired) electrons. The molecule has 0 unspecified atom stereocenters. The van der Waals surface area contributed by atoms with Gasteiger partial charge in [-0.2, -0.15) is 0 Å². The van der Waals surface area contributed by atoms with Crippen molar-refractivity contribution in [3.8, 4) is 11.3 Å². The number of nitrogens with zero attached hydrogens (tertiary/aromatic N) is 1. The number of benzene rings is 1. The number of hydrogen-bond donors (Lipinski definition) is 1. The van der Waals surface area contributed by atoms with Crippen LogP contribution in [0.3, 0.4) is 0 Å². The first-order valence-corrected chi connectivity index (χ1v) is 9.14. The highest BCUT2D eigenvalue weighted by atomic mass is 35.5.